The zero-order chi connectivity index (χ0) is 21.9. The van der Waals surface area contributed by atoms with Gasteiger partial charge in [0.05, 0.1) is 17.5 Å². The van der Waals surface area contributed by atoms with E-state index in [2.05, 4.69) is 35.8 Å². The average Bonchev–Trinajstić information content (AvgIpc) is 3.26. The van der Waals surface area contributed by atoms with Crippen LogP contribution in [0.3, 0.4) is 0 Å². The molecule has 0 bridgehead atoms. The van der Waals surface area contributed by atoms with Crippen molar-refractivity contribution in [2.24, 2.45) is 5.10 Å². The minimum Gasteiger partial charge on any atom is -0.378 e. The van der Waals surface area contributed by atoms with E-state index in [0.717, 1.165) is 12.1 Å². The molecule has 0 aliphatic rings. The van der Waals surface area contributed by atoms with Crippen LogP contribution in [-0.4, -0.2) is 56.4 Å². The molecule has 11 nitrogen and oxygen atoms in total. The van der Waals surface area contributed by atoms with E-state index in [1.165, 1.54) is 23.0 Å². The van der Waals surface area contributed by atoms with E-state index in [-0.39, 0.29) is 23.9 Å². The van der Waals surface area contributed by atoms with Crippen molar-refractivity contribution in [1.29, 1.82) is 0 Å². The molecule has 0 radical (unpaired) electrons. The Bertz CT molecular complexity index is 1050. The molecule has 0 spiro atoms. The molecule has 0 aliphatic carbocycles. The van der Waals surface area contributed by atoms with Crippen LogP contribution >= 0.6 is 0 Å². The van der Waals surface area contributed by atoms with Gasteiger partial charge in [0.2, 0.25) is 11.6 Å². The normalized spacial score (nSPS) is 12.1. The van der Waals surface area contributed by atoms with Gasteiger partial charge in [-0.15, -0.1) is 5.10 Å². The summed E-state index contributed by atoms with van der Waals surface area (Å²) in [6.45, 7) is 0.255. The van der Waals surface area contributed by atoms with E-state index < -0.39 is 17.6 Å². The van der Waals surface area contributed by atoms with Crippen LogP contribution in [0.4, 0.5) is 19.0 Å². The van der Waals surface area contributed by atoms with E-state index in [4.69, 9.17) is 5.73 Å². The number of rotatable bonds is 6. The summed E-state index contributed by atoms with van der Waals surface area (Å²) in [6.07, 6.45) is -3.23. The van der Waals surface area contributed by atoms with Gasteiger partial charge in [0.25, 0.3) is 5.91 Å². The number of nitrogens with zero attached hydrogens (tertiary/aromatic N) is 7. The van der Waals surface area contributed by atoms with Gasteiger partial charge in [0, 0.05) is 6.54 Å². The highest BCUT2D eigenvalue weighted by molar-refractivity contribution is 5.94. The van der Waals surface area contributed by atoms with Crippen LogP contribution in [0.2, 0.25) is 0 Å². The first-order valence-electron chi connectivity index (χ1n) is 8.35. The Kier molecular flexibility index (Phi) is 5.77. The molecular formula is C16H16F3N9O2. The molecule has 30 heavy (non-hydrogen) atoms. The number of aromatic nitrogens is 5. The van der Waals surface area contributed by atoms with Crippen LogP contribution in [0.15, 0.2) is 34.0 Å². The number of benzene rings is 1. The molecule has 2 heterocycles. The number of nitrogen functional groups attached to an aromatic ring is 1. The zero-order valence-corrected chi connectivity index (χ0v) is 15.8. The smallest absolute Gasteiger partial charge is 0.378 e. The van der Waals surface area contributed by atoms with Gasteiger partial charge in [-0.2, -0.15) is 23.0 Å². The molecule has 0 saturated heterocycles. The van der Waals surface area contributed by atoms with E-state index >= 15 is 0 Å². The fraction of sp³-hybridized carbons (Fsp3) is 0.250. The maximum atomic E-state index is 12.6. The number of hydrazone groups is 1. The SMILES string of the molecule is CN(C)Cc1c(C(=O)N/N=C\c2ccc(C(F)(F)F)cc2)nnn1-c1nonc1N. The molecule has 0 fully saturated rings. The highest BCUT2D eigenvalue weighted by atomic mass is 19.4. The second-order valence-electron chi connectivity index (χ2n) is 6.33. The number of nitrogens with one attached hydrogen (secondary N) is 1. The molecule has 1 aromatic carbocycles. The molecule has 0 aliphatic heterocycles. The van der Waals surface area contributed by atoms with Crippen molar-refractivity contribution in [3.63, 3.8) is 0 Å². The number of hydrogen-bond acceptors (Lipinski definition) is 9. The summed E-state index contributed by atoms with van der Waals surface area (Å²) < 4.78 is 43.5. The number of amides is 1. The lowest BCUT2D eigenvalue weighted by molar-refractivity contribution is -0.137. The van der Waals surface area contributed by atoms with Gasteiger partial charge < -0.3 is 10.6 Å². The largest absolute Gasteiger partial charge is 0.416 e. The Morgan fingerprint density at radius 3 is 2.57 bits per heavy atom. The van der Waals surface area contributed by atoms with E-state index in [9.17, 15) is 18.0 Å². The van der Waals surface area contributed by atoms with Crippen LogP contribution in [0, 0.1) is 0 Å². The first-order chi connectivity index (χ1) is 14.2. The third-order valence-electron chi connectivity index (χ3n) is 3.76. The Morgan fingerprint density at radius 1 is 1.30 bits per heavy atom. The van der Waals surface area contributed by atoms with Gasteiger partial charge in [0.1, 0.15) is 0 Å². The third kappa shape index (κ3) is 4.60. The second-order valence-corrected chi connectivity index (χ2v) is 6.33. The number of carbonyl (C=O) groups excluding carboxylic acids is 1. The lowest BCUT2D eigenvalue weighted by Crippen LogP contribution is -2.23. The lowest BCUT2D eigenvalue weighted by atomic mass is 10.1. The fourth-order valence-electron chi connectivity index (χ4n) is 2.40. The summed E-state index contributed by atoms with van der Waals surface area (Å²) in [5.74, 6) is -0.643. The van der Waals surface area contributed by atoms with Crippen molar-refractivity contribution in [3.05, 3.63) is 46.8 Å². The summed E-state index contributed by atoms with van der Waals surface area (Å²) in [4.78, 5) is 14.3. The van der Waals surface area contributed by atoms with Crippen molar-refractivity contribution in [3.8, 4) is 5.82 Å². The van der Waals surface area contributed by atoms with Gasteiger partial charge in [-0.1, -0.05) is 17.3 Å². The standard InChI is InChI=1S/C16H16F3N9O2/c1-27(2)8-11-12(22-26-28(11)14-13(20)24-30-25-14)15(29)23-21-7-9-3-5-10(6-4-9)16(17,18)19/h3-7H,8H2,1-2H3,(H2,20,24)(H,23,29)/b21-7-. The fourth-order valence-corrected chi connectivity index (χ4v) is 2.40. The zero-order valence-electron chi connectivity index (χ0n) is 15.8. The Balaban J connectivity index is 1.77. The molecule has 1 amide bonds. The molecule has 3 N–H and O–H groups in total. The van der Waals surface area contributed by atoms with Crippen molar-refractivity contribution in [2.45, 2.75) is 12.7 Å². The average molecular weight is 423 g/mol. The third-order valence-corrected chi connectivity index (χ3v) is 3.76. The second kappa shape index (κ2) is 8.28. The quantitative estimate of drug-likeness (QED) is 0.443. The number of hydrogen-bond donors (Lipinski definition) is 2. The first-order valence-corrected chi connectivity index (χ1v) is 8.35. The highest BCUT2D eigenvalue weighted by Crippen LogP contribution is 2.28. The summed E-state index contributed by atoms with van der Waals surface area (Å²) >= 11 is 0. The van der Waals surface area contributed by atoms with Gasteiger partial charge in [-0.05, 0) is 42.1 Å². The summed E-state index contributed by atoms with van der Waals surface area (Å²) in [6, 6.07) is 4.29. The molecule has 14 heteroatoms. The van der Waals surface area contributed by atoms with Crippen LogP contribution in [0.5, 0.6) is 0 Å². The van der Waals surface area contributed by atoms with Crippen LogP contribution < -0.4 is 11.2 Å². The van der Waals surface area contributed by atoms with Crippen molar-refractivity contribution in [2.75, 3.05) is 19.8 Å². The molecule has 0 saturated carbocycles. The molecule has 3 rings (SSSR count). The van der Waals surface area contributed by atoms with E-state index in [1.807, 2.05) is 0 Å². The van der Waals surface area contributed by atoms with Crippen molar-refractivity contribution in [1.82, 2.24) is 35.6 Å². The number of nitrogens with two attached hydrogens (primary N) is 1. The van der Waals surface area contributed by atoms with E-state index in [1.54, 1.807) is 19.0 Å². The minimum atomic E-state index is -4.43. The van der Waals surface area contributed by atoms with E-state index in [0.29, 0.717) is 11.3 Å². The van der Waals surface area contributed by atoms with Crippen LogP contribution in [0.1, 0.15) is 27.3 Å². The Labute approximate surface area is 167 Å². The lowest BCUT2D eigenvalue weighted by Gasteiger charge is -2.11. The predicted molar refractivity (Wildman–Crippen MR) is 97.5 cm³/mol. The van der Waals surface area contributed by atoms with Gasteiger partial charge in [0.15, 0.2) is 5.69 Å². The summed E-state index contributed by atoms with van der Waals surface area (Å²) in [5.41, 5.74) is 7.82. The summed E-state index contributed by atoms with van der Waals surface area (Å²) in [5, 5.41) is 18.6. The predicted octanol–water partition coefficient (Wildman–Crippen LogP) is 1.08. The monoisotopic (exact) mass is 423 g/mol. The van der Waals surface area contributed by atoms with Crippen LogP contribution in [0.25, 0.3) is 5.82 Å². The number of alkyl halides is 3. The topological polar surface area (TPSA) is 140 Å². The molecule has 158 valence electrons. The van der Waals surface area contributed by atoms with Crippen LogP contribution in [-0.2, 0) is 12.7 Å². The molecule has 0 unspecified atom stereocenters. The summed E-state index contributed by atoms with van der Waals surface area (Å²) in [7, 11) is 3.54. The maximum absolute atomic E-state index is 12.6. The molecule has 3 aromatic rings. The van der Waals surface area contributed by atoms with Gasteiger partial charge in [-0.3, -0.25) is 4.79 Å². The Morgan fingerprint density at radius 2 is 2.00 bits per heavy atom. The van der Waals surface area contributed by atoms with Crippen molar-refractivity contribution >= 4 is 17.9 Å². The van der Waals surface area contributed by atoms with Gasteiger partial charge in [-0.25, -0.2) is 10.1 Å². The number of anilines is 1. The molecule has 2 aromatic heterocycles. The molecular weight excluding hydrogens is 407 g/mol. The molecule has 0 atom stereocenters. The number of halogens is 3. The first kappa shape index (κ1) is 20.9. The highest BCUT2D eigenvalue weighted by Gasteiger charge is 2.29. The Hall–Kier alpha value is -3.81. The minimum absolute atomic E-state index is 0.0350. The maximum Gasteiger partial charge on any atom is 0.416 e. The number of carbonyl (C=O) groups is 1. The van der Waals surface area contributed by atoms with Crippen molar-refractivity contribution < 1.29 is 22.6 Å². The van der Waals surface area contributed by atoms with Gasteiger partial charge >= 0.3 is 6.18 Å².